The maximum absolute atomic E-state index is 11.9. The molecule has 4 rings (SSSR count). The average molecular weight is 318 g/mol. The van der Waals surface area contributed by atoms with Crippen LogP contribution in [0.1, 0.15) is 16.1 Å². The fraction of sp³-hybridized carbons (Fsp3) is 0.111. The molecule has 4 aromatic rings. The lowest BCUT2D eigenvalue weighted by molar-refractivity contribution is 0.0601. The Morgan fingerprint density at radius 1 is 1.17 bits per heavy atom. The minimum absolute atomic E-state index is 0.384. The van der Waals surface area contributed by atoms with Gasteiger partial charge >= 0.3 is 5.97 Å². The maximum atomic E-state index is 11.9. The highest BCUT2D eigenvalue weighted by atomic mass is 16.5. The minimum atomic E-state index is -0.384. The highest BCUT2D eigenvalue weighted by molar-refractivity contribution is 6.11. The normalized spacial score (nSPS) is 11.1. The summed E-state index contributed by atoms with van der Waals surface area (Å²) in [6.45, 7) is 1.91. The molecule has 118 valence electrons. The largest absolute Gasteiger partial charge is 0.465 e. The molecule has 1 N–H and O–H groups in total. The molecule has 0 amide bonds. The first-order valence-electron chi connectivity index (χ1n) is 7.47. The van der Waals surface area contributed by atoms with Crippen molar-refractivity contribution < 1.29 is 9.53 Å². The van der Waals surface area contributed by atoms with E-state index in [-0.39, 0.29) is 5.97 Å². The molecule has 0 aliphatic rings. The monoisotopic (exact) mass is 318 g/mol. The van der Waals surface area contributed by atoms with Gasteiger partial charge in [0, 0.05) is 17.0 Å². The zero-order chi connectivity index (χ0) is 16.7. The van der Waals surface area contributed by atoms with E-state index in [0.29, 0.717) is 11.3 Å². The van der Waals surface area contributed by atoms with Gasteiger partial charge in [0.1, 0.15) is 5.52 Å². The van der Waals surface area contributed by atoms with Crippen LogP contribution in [0.3, 0.4) is 0 Å². The van der Waals surface area contributed by atoms with Gasteiger partial charge in [-0.05, 0) is 31.2 Å². The van der Waals surface area contributed by atoms with E-state index in [4.69, 9.17) is 9.72 Å². The first-order chi connectivity index (χ1) is 11.7. The Balaban J connectivity index is 2.13. The molecule has 0 aliphatic heterocycles. The molecule has 1 aromatic carbocycles. The molecule has 0 atom stereocenters. The van der Waals surface area contributed by atoms with Gasteiger partial charge in [0.15, 0.2) is 0 Å². The highest BCUT2D eigenvalue weighted by Crippen LogP contribution is 2.32. The van der Waals surface area contributed by atoms with E-state index in [0.717, 1.165) is 33.2 Å². The van der Waals surface area contributed by atoms with Gasteiger partial charge in [-0.25, -0.2) is 9.78 Å². The van der Waals surface area contributed by atoms with Crippen LogP contribution < -0.4 is 0 Å². The molecule has 0 fully saturated rings. The number of hydrogen-bond acceptors (Lipinski definition) is 5. The van der Waals surface area contributed by atoms with Crippen LogP contribution in [0, 0.1) is 6.92 Å². The molecule has 6 nitrogen and oxygen atoms in total. The molecular formula is C18H14N4O2. The zero-order valence-electron chi connectivity index (χ0n) is 13.2. The number of nitrogens with one attached hydrogen (secondary N) is 1. The fourth-order valence-corrected chi connectivity index (χ4v) is 2.82. The molecule has 0 unspecified atom stereocenters. The van der Waals surface area contributed by atoms with E-state index in [1.165, 1.54) is 7.11 Å². The molecule has 3 heterocycles. The van der Waals surface area contributed by atoms with E-state index in [9.17, 15) is 4.79 Å². The lowest BCUT2D eigenvalue weighted by Gasteiger charge is -2.08. The van der Waals surface area contributed by atoms with Crippen molar-refractivity contribution in [1.82, 2.24) is 20.2 Å². The number of rotatable bonds is 2. The van der Waals surface area contributed by atoms with Crippen molar-refractivity contribution in [3.63, 3.8) is 0 Å². The summed E-state index contributed by atoms with van der Waals surface area (Å²) < 4.78 is 4.83. The van der Waals surface area contributed by atoms with Gasteiger partial charge in [0.2, 0.25) is 0 Å². The van der Waals surface area contributed by atoms with Gasteiger partial charge in [0.05, 0.1) is 35.3 Å². The van der Waals surface area contributed by atoms with E-state index in [2.05, 4.69) is 15.2 Å². The maximum Gasteiger partial charge on any atom is 0.337 e. The van der Waals surface area contributed by atoms with Crippen LogP contribution in [-0.4, -0.2) is 33.2 Å². The van der Waals surface area contributed by atoms with Gasteiger partial charge in [-0.3, -0.25) is 10.1 Å². The second-order valence-electron chi connectivity index (χ2n) is 5.46. The minimum Gasteiger partial charge on any atom is -0.465 e. The van der Waals surface area contributed by atoms with Crippen LogP contribution in [0.2, 0.25) is 0 Å². The van der Waals surface area contributed by atoms with Crippen molar-refractivity contribution in [2.75, 3.05) is 7.11 Å². The Hall–Kier alpha value is -3.28. The molecule has 0 bridgehead atoms. The first kappa shape index (κ1) is 14.3. The number of pyridine rings is 2. The Morgan fingerprint density at radius 2 is 2.04 bits per heavy atom. The number of benzene rings is 1. The summed E-state index contributed by atoms with van der Waals surface area (Å²) in [4.78, 5) is 21.1. The second kappa shape index (κ2) is 5.42. The predicted octanol–water partition coefficient (Wildman–Crippen LogP) is 3.27. The third kappa shape index (κ3) is 2.11. The number of H-pyrrole nitrogens is 1. The van der Waals surface area contributed by atoms with Crippen LogP contribution in [-0.2, 0) is 4.74 Å². The van der Waals surface area contributed by atoms with Crippen molar-refractivity contribution in [3.8, 4) is 11.4 Å². The summed E-state index contributed by atoms with van der Waals surface area (Å²) in [6, 6.07) is 11.1. The number of aryl methyl sites for hydroxylation is 1. The first-order valence-corrected chi connectivity index (χ1v) is 7.47. The van der Waals surface area contributed by atoms with Gasteiger partial charge in [0.25, 0.3) is 0 Å². The van der Waals surface area contributed by atoms with Crippen LogP contribution >= 0.6 is 0 Å². The van der Waals surface area contributed by atoms with E-state index < -0.39 is 0 Å². The Kier molecular flexibility index (Phi) is 3.23. The third-order valence-electron chi connectivity index (χ3n) is 4.01. The number of nitrogens with zero attached hydrogens (tertiary/aromatic N) is 3. The predicted molar refractivity (Wildman–Crippen MR) is 90.7 cm³/mol. The van der Waals surface area contributed by atoms with Gasteiger partial charge in [-0.2, -0.15) is 5.10 Å². The van der Waals surface area contributed by atoms with Gasteiger partial charge in [-0.1, -0.05) is 12.1 Å². The second-order valence-corrected chi connectivity index (χ2v) is 5.46. The lowest BCUT2D eigenvalue weighted by atomic mass is 10.0. The number of hydrogen-bond donors (Lipinski definition) is 1. The van der Waals surface area contributed by atoms with Crippen molar-refractivity contribution in [2.24, 2.45) is 0 Å². The van der Waals surface area contributed by atoms with Crippen LogP contribution in [0.25, 0.3) is 33.2 Å². The van der Waals surface area contributed by atoms with Gasteiger partial charge < -0.3 is 4.74 Å². The Morgan fingerprint density at radius 3 is 2.79 bits per heavy atom. The van der Waals surface area contributed by atoms with Crippen LogP contribution in [0.15, 0.2) is 42.6 Å². The molecule has 0 aliphatic carbocycles. The smallest absolute Gasteiger partial charge is 0.337 e. The molecular weight excluding hydrogens is 304 g/mol. The standard InChI is InChI=1S/C18H14N4O2/c1-10-15-17(22-21-10)12-7-6-11(18(23)24-2)9-13(12)16(20-15)14-5-3-4-8-19-14/h3-9H,1-2H3,(H,21,22). The van der Waals surface area contributed by atoms with Crippen molar-refractivity contribution >= 4 is 27.8 Å². The summed E-state index contributed by atoms with van der Waals surface area (Å²) in [5, 5.41) is 9.04. The quantitative estimate of drug-likeness (QED) is 0.574. The zero-order valence-corrected chi connectivity index (χ0v) is 13.2. The number of aromatic nitrogens is 4. The Bertz CT molecular complexity index is 1070. The molecule has 3 aromatic heterocycles. The number of methoxy groups -OCH3 is 1. The Labute approximate surface area is 137 Å². The topological polar surface area (TPSA) is 80.8 Å². The molecule has 24 heavy (non-hydrogen) atoms. The summed E-state index contributed by atoms with van der Waals surface area (Å²) >= 11 is 0. The number of esters is 1. The molecule has 0 saturated carbocycles. The number of carbonyl (C=O) groups is 1. The summed E-state index contributed by atoms with van der Waals surface area (Å²) in [7, 11) is 1.37. The average Bonchev–Trinajstić information content (AvgIpc) is 3.01. The van der Waals surface area contributed by atoms with Crippen molar-refractivity contribution in [2.45, 2.75) is 6.92 Å². The fourth-order valence-electron chi connectivity index (χ4n) is 2.82. The van der Waals surface area contributed by atoms with E-state index >= 15 is 0 Å². The van der Waals surface area contributed by atoms with Crippen molar-refractivity contribution in [1.29, 1.82) is 0 Å². The number of aromatic amines is 1. The highest BCUT2D eigenvalue weighted by Gasteiger charge is 2.16. The molecule has 0 saturated heterocycles. The van der Waals surface area contributed by atoms with E-state index in [1.807, 2.05) is 31.2 Å². The van der Waals surface area contributed by atoms with Crippen LogP contribution in [0.5, 0.6) is 0 Å². The SMILES string of the molecule is COC(=O)c1ccc2c(c1)c(-c1ccccn1)nc1c(C)n[nH]c12. The third-order valence-corrected chi connectivity index (χ3v) is 4.01. The molecule has 0 radical (unpaired) electrons. The number of ether oxygens (including phenoxy) is 1. The number of fused-ring (bicyclic) bond motifs is 3. The lowest BCUT2D eigenvalue weighted by Crippen LogP contribution is -2.01. The number of carbonyl (C=O) groups excluding carboxylic acids is 1. The molecule has 6 heteroatoms. The summed E-state index contributed by atoms with van der Waals surface area (Å²) in [5.74, 6) is -0.384. The summed E-state index contributed by atoms with van der Waals surface area (Å²) in [5.41, 5.74) is 4.40. The van der Waals surface area contributed by atoms with Crippen LogP contribution in [0.4, 0.5) is 0 Å². The van der Waals surface area contributed by atoms with E-state index in [1.54, 1.807) is 18.3 Å². The van der Waals surface area contributed by atoms with Crippen molar-refractivity contribution in [3.05, 3.63) is 53.9 Å². The summed E-state index contributed by atoms with van der Waals surface area (Å²) in [6.07, 6.45) is 1.72. The molecule has 0 spiro atoms. The van der Waals surface area contributed by atoms with Gasteiger partial charge in [-0.15, -0.1) is 0 Å².